The Kier molecular flexibility index (Phi) is 4.56. The zero-order valence-corrected chi connectivity index (χ0v) is 9.51. The van der Waals surface area contributed by atoms with E-state index in [1.807, 2.05) is 13.1 Å². The van der Waals surface area contributed by atoms with Crippen molar-refractivity contribution >= 4 is 0 Å². The zero-order chi connectivity index (χ0) is 11.3. The topological polar surface area (TPSA) is 21.3 Å². The highest BCUT2D eigenvalue weighted by molar-refractivity contribution is 5.37. The van der Waals surface area contributed by atoms with Gasteiger partial charge in [0.2, 0.25) is 0 Å². The summed E-state index contributed by atoms with van der Waals surface area (Å²) in [6.45, 7) is 2.92. The fraction of sp³-hybridized carbons (Fsp3) is 0.500. The lowest BCUT2D eigenvalue weighted by Crippen LogP contribution is -2.17. The van der Waals surface area contributed by atoms with Gasteiger partial charge in [-0.15, -0.1) is 0 Å². The molecular formula is C12H18FNO. The van der Waals surface area contributed by atoms with Crippen molar-refractivity contribution in [3.63, 3.8) is 0 Å². The van der Waals surface area contributed by atoms with Crippen LogP contribution in [0.4, 0.5) is 4.39 Å². The van der Waals surface area contributed by atoms with E-state index in [1.165, 1.54) is 13.2 Å². The van der Waals surface area contributed by atoms with E-state index in [0.717, 1.165) is 18.5 Å². The monoisotopic (exact) mass is 211 g/mol. The molecule has 0 aliphatic carbocycles. The van der Waals surface area contributed by atoms with E-state index in [2.05, 4.69) is 12.2 Å². The fourth-order valence-electron chi connectivity index (χ4n) is 1.78. The molecule has 0 radical (unpaired) electrons. The molecule has 0 saturated carbocycles. The fourth-order valence-corrected chi connectivity index (χ4v) is 1.78. The van der Waals surface area contributed by atoms with Gasteiger partial charge in [-0.2, -0.15) is 0 Å². The summed E-state index contributed by atoms with van der Waals surface area (Å²) in [6, 6.07) is 5.08. The Balaban J connectivity index is 3.04. The molecule has 1 atom stereocenters. The molecule has 1 rings (SSSR count). The van der Waals surface area contributed by atoms with Crippen molar-refractivity contribution in [1.29, 1.82) is 0 Å². The number of para-hydroxylation sites is 1. The Labute approximate surface area is 90.4 Å². The number of ether oxygens (including phenoxy) is 1. The van der Waals surface area contributed by atoms with Gasteiger partial charge in [-0.25, -0.2) is 4.39 Å². The van der Waals surface area contributed by atoms with Crippen LogP contribution in [-0.2, 0) is 0 Å². The maximum Gasteiger partial charge on any atom is 0.165 e. The predicted octanol–water partition coefficient (Wildman–Crippen LogP) is 2.55. The van der Waals surface area contributed by atoms with Crippen molar-refractivity contribution < 1.29 is 9.13 Å². The highest BCUT2D eigenvalue weighted by atomic mass is 19.1. The van der Waals surface area contributed by atoms with Crippen LogP contribution in [0.3, 0.4) is 0 Å². The molecule has 1 aromatic carbocycles. The summed E-state index contributed by atoms with van der Waals surface area (Å²) in [5.74, 6) is 0.379. The number of hydrogen-bond acceptors (Lipinski definition) is 2. The highest BCUT2D eigenvalue weighted by Gasteiger charge is 2.16. The third-order valence-electron chi connectivity index (χ3n) is 2.58. The Hall–Kier alpha value is -1.09. The maximum atomic E-state index is 13.4. The molecule has 3 heteroatoms. The second-order valence-electron chi connectivity index (χ2n) is 3.53. The van der Waals surface area contributed by atoms with Gasteiger partial charge in [0.25, 0.3) is 0 Å². The predicted molar refractivity (Wildman–Crippen MR) is 59.9 cm³/mol. The average molecular weight is 211 g/mol. The summed E-state index contributed by atoms with van der Waals surface area (Å²) in [5, 5.41) is 3.11. The minimum absolute atomic E-state index is 0.287. The van der Waals surface area contributed by atoms with E-state index in [4.69, 9.17) is 4.74 Å². The van der Waals surface area contributed by atoms with Crippen LogP contribution in [0.2, 0.25) is 0 Å². The van der Waals surface area contributed by atoms with Gasteiger partial charge in [-0.1, -0.05) is 19.1 Å². The lowest BCUT2D eigenvalue weighted by Gasteiger charge is -2.18. The minimum Gasteiger partial charge on any atom is -0.493 e. The van der Waals surface area contributed by atoms with E-state index in [1.54, 1.807) is 6.07 Å². The molecule has 84 valence electrons. The number of halogens is 1. The van der Waals surface area contributed by atoms with Gasteiger partial charge >= 0.3 is 0 Å². The van der Waals surface area contributed by atoms with E-state index >= 15 is 0 Å². The Morgan fingerprint density at radius 2 is 2.20 bits per heavy atom. The molecule has 0 spiro atoms. The van der Waals surface area contributed by atoms with Crippen LogP contribution in [-0.4, -0.2) is 20.7 Å². The van der Waals surface area contributed by atoms with Crippen LogP contribution >= 0.6 is 0 Å². The molecule has 0 amide bonds. The van der Waals surface area contributed by atoms with Gasteiger partial charge in [-0.3, -0.25) is 0 Å². The lowest BCUT2D eigenvalue weighted by molar-refractivity contribution is 0.376. The quantitative estimate of drug-likeness (QED) is 0.808. The van der Waals surface area contributed by atoms with Crippen molar-refractivity contribution in [3.8, 4) is 5.75 Å². The summed E-state index contributed by atoms with van der Waals surface area (Å²) < 4.78 is 18.5. The molecule has 15 heavy (non-hydrogen) atoms. The van der Waals surface area contributed by atoms with E-state index in [9.17, 15) is 4.39 Å². The second-order valence-corrected chi connectivity index (χ2v) is 3.53. The van der Waals surface area contributed by atoms with Crippen LogP contribution in [0.15, 0.2) is 18.2 Å². The van der Waals surface area contributed by atoms with Crippen LogP contribution in [0.25, 0.3) is 0 Å². The number of rotatable bonds is 5. The van der Waals surface area contributed by atoms with Crippen LogP contribution in [0.5, 0.6) is 5.75 Å². The molecule has 1 aromatic rings. The largest absolute Gasteiger partial charge is 0.493 e. The Morgan fingerprint density at radius 3 is 2.73 bits per heavy atom. The normalized spacial score (nSPS) is 12.5. The van der Waals surface area contributed by atoms with Gasteiger partial charge in [-0.05, 0) is 25.5 Å². The van der Waals surface area contributed by atoms with Crippen molar-refractivity contribution in [3.05, 3.63) is 29.6 Å². The van der Waals surface area contributed by atoms with Crippen molar-refractivity contribution in [2.24, 2.45) is 0 Å². The molecule has 0 heterocycles. The highest BCUT2D eigenvalue weighted by Crippen LogP contribution is 2.30. The molecule has 0 aliphatic heterocycles. The molecule has 1 unspecified atom stereocenters. The van der Waals surface area contributed by atoms with E-state index in [-0.39, 0.29) is 5.82 Å². The summed E-state index contributed by atoms with van der Waals surface area (Å²) in [5.41, 5.74) is 0.939. The lowest BCUT2D eigenvalue weighted by atomic mass is 9.95. The first-order valence-corrected chi connectivity index (χ1v) is 5.21. The number of methoxy groups -OCH3 is 1. The summed E-state index contributed by atoms with van der Waals surface area (Å²) in [4.78, 5) is 0. The first-order valence-electron chi connectivity index (χ1n) is 5.21. The SMILES string of the molecule is CCC(CNC)c1cccc(F)c1OC. The number of benzene rings is 1. The van der Waals surface area contributed by atoms with Gasteiger partial charge in [0, 0.05) is 12.1 Å². The average Bonchev–Trinajstić information content (AvgIpc) is 2.25. The molecular weight excluding hydrogens is 193 g/mol. The molecule has 0 aliphatic rings. The molecule has 0 aromatic heterocycles. The maximum absolute atomic E-state index is 13.4. The summed E-state index contributed by atoms with van der Waals surface area (Å²) in [7, 11) is 3.41. The van der Waals surface area contributed by atoms with Gasteiger partial charge < -0.3 is 10.1 Å². The molecule has 2 nitrogen and oxygen atoms in total. The second kappa shape index (κ2) is 5.71. The number of likely N-dealkylation sites (N-methyl/N-ethyl adjacent to an activating group) is 1. The minimum atomic E-state index is -0.287. The van der Waals surface area contributed by atoms with Gasteiger partial charge in [0.05, 0.1) is 7.11 Å². The summed E-state index contributed by atoms with van der Waals surface area (Å²) >= 11 is 0. The van der Waals surface area contributed by atoms with Crippen molar-refractivity contribution in [2.45, 2.75) is 19.3 Å². The first-order chi connectivity index (χ1) is 7.24. The molecule has 0 saturated heterocycles. The standard InChI is InChI=1S/C12H18FNO/c1-4-9(8-14-2)10-6-5-7-11(13)12(10)15-3/h5-7,9,14H,4,8H2,1-3H3. The van der Waals surface area contributed by atoms with Crippen LogP contribution in [0.1, 0.15) is 24.8 Å². The van der Waals surface area contributed by atoms with Gasteiger partial charge in [0.1, 0.15) is 0 Å². The third kappa shape index (κ3) is 2.69. The van der Waals surface area contributed by atoms with Crippen LogP contribution < -0.4 is 10.1 Å². The Morgan fingerprint density at radius 1 is 1.47 bits per heavy atom. The number of nitrogens with one attached hydrogen (secondary N) is 1. The van der Waals surface area contributed by atoms with Gasteiger partial charge in [0.15, 0.2) is 11.6 Å². The van der Waals surface area contributed by atoms with Crippen molar-refractivity contribution in [2.75, 3.05) is 20.7 Å². The third-order valence-corrected chi connectivity index (χ3v) is 2.58. The van der Waals surface area contributed by atoms with E-state index < -0.39 is 0 Å². The Bertz CT molecular complexity index is 314. The smallest absolute Gasteiger partial charge is 0.165 e. The first kappa shape index (κ1) is 12.0. The van der Waals surface area contributed by atoms with Crippen LogP contribution in [0, 0.1) is 5.82 Å². The summed E-state index contributed by atoms with van der Waals surface area (Å²) in [6.07, 6.45) is 0.959. The van der Waals surface area contributed by atoms with E-state index in [0.29, 0.717) is 11.7 Å². The molecule has 0 fully saturated rings. The molecule has 1 N–H and O–H groups in total. The van der Waals surface area contributed by atoms with Crippen molar-refractivity contribution in [1.82, 2.24) is 5.32 Å². The number of hydrogen-bond donors (Lipinski definition) is 1. The zero-order valence-electron chi connectivity index (χ0n) is 9.51. The molecule has 0 bridgehead atoms.